The normalized spacial score (nSPS) is 16.8. The van der Waals surface area contributed by atoms with Crippen LogP contribution < -0.4 is 37.5 Å². The molecule has 11 N–H and O–H groups in total. The monoisotopic (exact) mass is 1290 g/mol. The molecule has 488 valence electrons. The summed E-state index contributed by atoms with van der Waals surface area (Å²) in [6.45, 7) is 0.311. The Hall–Kier alpha value is -9.21. The van der Waals surface area contributed by atoms with Gasteiger partial charge in [-0.1, -0.05) is 37.3 Å². The number of carboxylic acid groups (broad SMARTS) is 3. The van der Waals surface area contributed by atoms with E-state index in [0.717, 1.165) is 4.90 Å². The number of carbonyl (C=O) groups excluding carboxylic acids is 8. The summed E-state index contributed by atoms with van der Waals surface area (Å²) in [5, 5.41) is 67.0. The largest absolute Gasteiger partial charge is 0.0245 e. The number of benzene rings is 2. The van der Waals surface area contributed by atoms with Crippen LogP contribution in [0.2, 0.25) is 0 Å². The predicted molar refractivity (Wildman–Crippen MR) is 323 cm³/mol. The fourth-order valence-electron chi connectivity index (χ4n) is 12.2. The number of aliphatic hydroxyl groups excluding tert-OH is 1. The fourth-order valence-corrected chi connectivity index (χ4v) is 17.1. The molecule has 0 bridgehead atoms. The number of carboxylic acids is 3. The van der Waals surface area contributed by atoms with Crippen molar-refractivity contribution < 1.29 is 92.1 Å². The van der Waals surface area contributed by atoms with Crippen LogP contribution in [-0.4, -0.2) is 169 Å². The number of fused-ring (bicyclic) bond motifs is 5. The van der Waals surface area contributed by atoms with Gasteiger partial charge < -0.3 is 45.7 Å². The SMILES string of the molecule is CC[C@@]1(O)C(=O)OCc2c1cc1n(c2=O)Cc2c-1nc1cc(F)c(C)c3c1c2[C@@H](NC(=O)COCNC(=O)CNC(=O)[C@H](Cc1ccccc1)NC(=O)CNC(=O)CNC(=O)CCCCCN1C(=O)CC([PH](CCC(=O)O)(CCC(=O)O)CCC(=O)O)=C1O)CC3. The number of esters is 1. The summed E-state index contributed by atoms with van der Waals surface area (Å²) in [4.78, 5) is 159. The minimum absolute atomic E-state index is 0.0132. The number of rotatable bonds is 32. The van der Waals surface area contributed by atoms with E-state index in [1.807, 2.05) is 0 Å². The van der Waals surface area contributed by atoms with E-state index >= 15 is 4.39 Å². The Morgan fingerprint density at radius 1 is 0.802 bits per heavy atom. The zero-order valence-corrected chi connectivity index (χ0v) is 51.1. The van der Waals surface area contributed by atoms with Gasteiger partial charge in [0.05, 0.1) is 48.1 Å². The molecule has 7 amide bonds. The van der Waals surface area contributed by atoms with E-state index < -0.39 is 160 Å². The van der Waals surface area contributed by atoms with E-state index in [4.69, 9.17) is 14.5 Å². The summed E-state index contributed by atoms with van der Waals surface area (Å²) in [6.07, 6.45) is -0.0742. The van der Waals surface area contributed by atoms with Gasteiger partial charge in [0.1, 0.15) is 31.8 Å². The van der Waals surface area contributed by atoms with Crippen molar-refractivity contribution in [3.63, 3.8) is 0 Å². The van der Waals surface area contributed by atoms with Gasteiger partial charge in [-0.25, -0.2) is 14.2 Å². The van der Waals surface area contributed by atoms with Crippen LogP contribution in [0.1, 0.15) is 116 Å². The molecule has 4 aliphatic rings. The molecule has 0 saturated carbocycles. The Kier molecular flexibility index (Phi) is 22.0. The van der Waals surface area contributed by atoms with Crippen molar-refractivity contribution in [1.82, 2.24) is 46.4 Å². The number of nitrogens with zero attached hydrogens (tertiary/aromatic N) is 3. The molecule has 1 aliphatic carbocycles. The summed E-state index contributed by atoms with van der Waals surface area (Å²) in [5.74, 6) is -9.91. The average Bonchev–Trinajstić information content (AvgIpc) is 1.62. The maximum absolute atomic E-state index is 15.4. The molecule has 0 radical (unpaired) electrons. The number of aromatic nitrogens is 2. The number of aryl methyl sites for hydroxylation is 1. The molecule has 3 atom stereocenters. The van der Waals surface area contributed by atoms with Crippen LogP contribution in [0.3, 0.4) is 0 Å². The third-order valence-corrected chi connectivity index (χ3v) is 22.4. The second kappa shape index (κ2) is 29.6. The number of hydrogen-bond donors (Lipinski definition) is 11. The van der Waals surface area contributed by atoms with E-state index in [9.17, 15) is 83.1 Å². The molecule has 0 fully saturated rings. The number of unbranched alkanes of at least 4 members (excludes halogenated alkanes) is 2. The number of nitrogens with one attached hydrogen (secondary N) is 6. The maximum atomic E-state index is 15.4. The standard InChI is InChI=1S/C61H73FN9O19P/c1-3-61(88)38-23-43-56-36(29-71(43)58(85)37(38)30-90-60(61)87)55-40(14-13-35-33(2)39(62)24-41(69-56)54(35)55)67-49(76)31-89-32-66-47(74)27-65-57(84)42(22-34-10-6-4-7-11-34)68-48(75)28-64-46(73)26-63-45(72)12-8-5-9-18-70-50(77)25-44(59(70)86)91(19-15-51(78)79,20-16-52(80)81)21-17-53(82)83/h4,6-7,10-11,23-24,40,42,86,88,91H,3,5,8-9,12-22,25-32H2,1-2H3,(H,63,72)(H,64,73)(H,65,84)(H,66,74)(H,67,76)(H,68,75)(H,78,79)(H,80,81)(H,82,83)/t40-,42-,61-/m0/s1. The molecule has 4 aromatic rings. The van der Waals surface area contributed by atoms with Crippen molar-refractivity contribution >= 4 is 83.4 Å². The molecule has 5 heterocycles. The van der Waals surface area contributed by atoms with Gasteiger partial charge in [0.2, 0.25) is 23.6 Å². The van der Waals surface area contributed by atoms with Crippen molar-refractivity contribution in [2.24, 2.45) is 0 Å². The number of cyclic esters (lactones) is 1. The summed E-state index contributed by atoms with van der Waals surface area (Å²) in [6, 6.07) is 9.58. The topological polar surface area (TPSA) is 418 Å². The first kappa shape index (κ1) is 67.7. The third-order valence-electron chi connectivity index (χ3n) is 17.1. The molecular formula is C61H73FN9O19P. The molecular weight excluding hydrogens is 1210 g/mol. The number of aliphatic hydroxyl groups is 2. The molecule has 0 unspecified atom stereocenters. The number of hydrogen-bond acceptors (Lipinski definition) is 17. The molecule has 0 spiro atoms. The Morgan fingerprint density at radius 3 is 2.12 bits per heavy atom. The maximum Gasteiger partial charge on any atom is -0.0244 e. The predicted octanol–water partition coefficient (Wildman–Crippen LogP) is 1.49. The Bertz CT molecular complexity index is 3650. The second-order valence-corrected chi connectivity index (χ2v) is 27.6. The summed E-state index contributed by atoms with van der Waals surface area (Å²) < 4.78 is 27.6. The van der Waals surface area contributed by atoms with Crippen LogP contribution in [0.15, 0.2) is 58.5 Å². The molecule has 2 aromatic carbocycles. The van der Waals surface area contributed by atoms with Crippen molar-refractivity contribution in [2.75, 3.05) is 58.0 Å². The van der Waals surface area contributed by atoms with Gasteiger partial charge in [-0.2, -0.15) is 0 Å². The Labute approximate surface area is 520 Å². The summed E-state index contributed by atoms with van der Waals surface area (Å²) >= 11 is 0. The smallest absolute Gasteiger partial charge is 0.0244 e. The Balaban J connectivity index is 0.770. The molecule has 28 nitrogen and oxygen atoms in total. The van der Waals surface area contributed by atoms with Gasteiger partial charge in [0, 0.05) is 29.0 Å². The molecule has 2 aromatic heterocycles. The Morgan fingerprint density at radius 2 is 1.45 bits per heavy atom. The summed E-state index contributed by atoms with van der Waals surface area (Å²) in [5.41, 5.74) is 1.60. The minimum atomic E-state index is -3.31. The van der Waals surface area contributed by atoms with Crippen molar-refractivity contribution in [3.8, 4) is 11.4 Å². The van der Waals surface area contributed by atoms with Gasteiger partial charge in [0.15, 0.2) is 5.60 Å². The van der Waals surface area contributed by atoms with Crippen molar-refractivity contribution in [2.45, 2.75) is 122 Å². The van der Waals surface area contributed by atoms with E-state index in [1.54, 1.807) is 50.2 Å². The molecule has 3 aliphatic heterocycles. The van der Waals surface area contributed by atoms with E-state index in [0.29, 0.717) is 76.7 Å². The van der Waals surface area contributed by atoms with Crippen LogP contribution in [-0.2, 0) is 93.8 Å². The van der Waals surface area contributed by atoms with Crippen LogP contribution in [0.4, 0.5) is 4.39 Å². The number of amides is 7. The second-order valence-electron chi connectivity index (χ2n) is 22.9. The molecule has 91 heavy (non-hydrogen) atoms. The zero-order valence-electron chi connectivity index (χ0n) is 50.1. The minimum Gasteiger partial charge on any atom is -0.0245 e. The number of ether oxygens (including phenoxy) is 2. The fraction of sp³-hybridized carbons (Fsp3) is 0.459. The van der Waals surface area contributed by atoms with Crippen LogP contribution in [0.5, 0.6) is 0 Å². The molecule has 0 saturated heterocycles. The van der Waals surface area contributed by atoms with Crippen molar-refractivity contribution in [3.05, 3.63) is 109 Å². The number of aliphatic carboxylic acids is 3. The first-order valence-corrected chi connectivity index (χ1v) is 32.4. The van der Waals surface area contributed by atoms with E-state index in [2.05, 4.69) is 31.9 Å². The van der Waals surface area contributed by atoms with Gasteiger partial charge >= 0.3 is 198 Å². The first-order chi connectivity index (χ1) is 43.3. The quantitative estimate of drug-likeness (QED) is 0.0126. The number of carbonyl (C=O) groups is 11. The van der Waals surface area contributed by atoms with E-state index in [1.165, 1.54) is 10.6 Å². The number of halogens is 1. The van der Waals surface area contributed by atoms with Gasteiger partial charge in [-0.15, -0.1) is 0 Å². The molecule has 30 heteroatoms. The zero-order chi connectivity index (χ0) is 65.9. The van der Waals surface area contributed by atoms with Crippen LogP contribution in [0, 0.1) is 12.7 Å². The van der Waals surface area contributed by atoms with Crippen LogP contribution in [0.25, 0.3) is 22.3 Å². The van der Waals surface area contributed by atoms with Crippen LogP contribution >= 0.6 is 7.26 Å². The van der Waals surface area contributed by atoms with Gasteiger partial charge in [-0.05, 0) is 54.5 Å². The summed E-state index contributed by atoms with van der Waals surface area (Å²) in [7, 11) is -3.31. The average molecular weight is 1290 g/mol. The van der Waals surface area contributed by atoms with Gasteiger partial charge in [-0.3, -0.25) is 28.8 Å². The van der Waals surface area contributed by atoms with Gasteiger partial charge in [0.25, 0.3) is 5.56 Å². The van der Waals surface area contributed by atoms with E-state index in [-0.39, 0.29) is 85.8 Å². The third kappa shape index (κ3) is 15.9. The van der Waals surface area contributed by atoms with Crippen molar-refractivity contribution in [1.29, 1.82) is 0 Å². The molecule has 8 rings (SSSR count). The first-order valence-electron chi connectivity index (χ1n) is 29.8. The number of pyridine rings is 2.